The summed E-state index contributed by atoms with van der Waals surface area (Å²) in [4.78, 5) is -0.481. The Kier molecular flexibility index (Phi) is 5.04. The third-order valence-corrected chi connectivity index (χ3v) is 5.17. The standard InChI is InChI=1S/C13H6Br3ClF2/c14-7-1-6(2-8(18)3-7)13(16)9-4-11(17)10(15)5-12(9)19/h1-5,13H. The number of halogens is 6. The van der Waals surface area contributed by atoms with Crippen LogP contribution >= 0.6 is 59.4 Å². The molecule has 0 nitrogen and oxygen atoms in total. The van der Waals surface area contributed by atoms with Crippen molar-refractivity contribution in [1.82, 2.24) is 0 Å². The van der Waals surface area contributed by atoms with Gasteiger partial charge in [-0.05, 0) is 51.8 Å². The molecule has 0 aromatic heterocycles. The molecule has 2 rings (SSSR count). The monoisotopic (exact) mass is 472 g/mol. The highest BCUT2D eigenvalue weighted by Gasteiger charge is 2.18. The molecular weight excluding hydrogens is 469 g/mol. The predicted molar refractivity (Wildman–Crippen MR) is 84.0 cm³/mol. The molecule has 0 spiro atoms. The van der Waals surface area contributed by atoms with Crippen molar-refractivity contribution in [3.05, 3.63) is 67.1 Å². The summed E-state index contributed by atoms with van der Waals surface area (Å²) in [5, 5.41) is 0.399. The van der Waals surface area contributed by atoms with E-state index in [-0.39, 0.29) is 0 Å². The van der Waals surface area contributed by atoms with Gasteiger partial charge in [0, 0.05) is 14.5 Å². The number of alkyl halides is 1. The zero-order chi connectivity index (χ0) is 14.2. The quantitative estimate of drug-likeness (QED) is 0.338. The van der Waals surface area contributed by atoms with Gasteiger partial charge in [0.15, 0.2) is 0 Å². The zero-order valence-corrected chi connectivity index (χ0v) is 14.7. The molecule has 1 atom stereocenters. The van der Waals surface area contributed by atoms with Crippen molar-refractivity contribution in [2.24, 2.45) is 0 Å². The van der Waals surface area contributed by atoms with Gasteiger partial charge in [-0.3, -0.25) is 0 Å². The van der Waals surface area contributed by atoms with Gasteiger partial charge in [0.25, 0.3) is 0 Å². The lowest BCUT2D eigenvalue weighted by Gasteiger charge is -2.13. The van der Waals surface area contributed by atoms with Crippen LogP contribution in [0.4, 0.5) is 8.78 Å². The molecule has 0 bridgehead atoms. The van der Waals surface area contributed by atoms with Gasteiger partial charge in [0.2, 0.25) is 0 Å². The van der Waals surface area contributed by atoms with Gasteiger partial charge in [0.1, 0.15) is 11.6 Å². The van der Waals surface area contributed by atoms with Gasteiger partial charge in [-0.25, -0.2) is 8.78 Å². The van der Waals surface area contributed by atoms with E-state index in [9.17, 15) is 8.78 Å². The molecule has 0 saturated carbocycles. The SMILES string of the molecule is Fc1cc(Br)cc(C(Br)c2cc(Cl)c(Br)cc2F)c1. The average Bonchev–Trinajstić information content (AvgIpc) is 2.31. The molecule has 0 fully saturated rings. The molecule has 0 aliphatic carbocycles. The molecule has 1 unspecified atom stereocenters. The fourth-order valence-electron chi connectivity index (χ4n) is 1.63. The van der Waals surface area contributed by atoms with Crippen LogP contribution in [0.25, 0.3) is 0 Å². The van der Waals surface area contributed by atoms with Crippen LogP contribution in [-0.2, 0) is 0 Å². The van der Waals surface area contributed by atoms with Crippen LogP contribution in [0.3, 0.4) is 0 Å². The van der Waals surface area contributed by atoms with Gasteiger partial charge in [0.05, 0.1) is 9.85 Å². The van der Waals surface area contributed by atoms with Crippen molar-refractivity contribution in [2.75, 3.05) is 0 Å². The van der Waals surface area contributed by atoms with Crippen LogP contribution in [0.2, 0.25) is 5.02 Å². The molecule has 0 radical (unpaired) electrons. The number of hydrogen-bond donors (Lipinski definition) is 0. The lowest BCUT2D eigenvalue weighted by atomic mass is 10.0. The van der Waals surface area contributed by atoms with Gasteiger partial charge in [-0.2, -0.15) is 0 Å². The molecule has 2 aromatic carbocycles. The highest BCUT2D eigenvalue weighted by molar-refractivity contribution is 9.11. The third kappa shape index (κ3) is 3.57. The number of benzene rings is 2. The van der Waals surface area contributed by atoms with Crippen LogP contribution in [-0.4, -0.2) is 0 Å². The fourth-order valence-corrected chi connectivity index (χ4v) is 3.22. The van der Waals surface area contributed by atoms with E-state index in [2.05, 4.69) is 47.8 Å². The van der Waals surface area contributed by atoms with E-state index < -0.39 is 16.5 Å². The Bertz CT molecular complexity index is 611. The Morgan fingerprint density at radius 1 is 1.00 bits per heavy atom. The summed E-state index contributed by atoms with van der Waals surface area (Å²) < 4.78 is 28.4. The van der Waals surface area contributed by atoms with E-state index in [0.717, 1.165) is 0 Å². The van der Waals surface area contributed by atoms with Crippen molar-refractivity contribution in [3.63, 3.8) is 0 Å². The lowest BCUT2D eigenvalue weighted by Crippen LogP contribution is -1.98. The summed E-state index contributed by atoms with van der Waals surface area (Å²) in [5.41, 5.74) is 0.954. The summed E-state index contributed by atoms with van der Waals surface area (Å²) in [6.45, 7) is 0. The second-order valence-electron chi connectivity index (χ2n) is 3.85. The predicted octanol–water partition coefficient (Wildman–Crippen LogP) is 6.63. The summed E-state index contributed by atoms with van der Waals surface area (Å²) in [5.74, 6) is -0.809. The van der Waals surface area contributed by atoms with Gasteiger partial charge in [-0.1, -0.05) is 43.5 Å². The minimum absolute atomic E-state index is 0.353. The summed E-state index contributed by atoms with van der Waals surface area (Å²) in [7, 11) is 0. The molecule has 100 valence electrons. The van der Waals surface area contributed by atoms with Crippen molar-refractivity contribution in [3.8, 4) is 0 Å². The molecule has 0 saturated heterocycles. The summed E-state index contributed by atoms with van der Waals surface area (Å²) in [6, 6.07) is 7.21. The third-order valence-electron chi connectivity index (χ3n) is 2.49. The van der Waals surface area contributed by atoms with Crippen molar-refractivity contribution < 1.29 is 8.78 Å². The van der Waals surface area contributed by atoms with E-state index in [0.29, 0.717) is 25.1 Å². The minimum atomic E-state index is -0.481. The molecule has 0 aliphatic heterocycles. The molecule has 6 heteroatoms. The normalized spacial score (nSPS) is 12.5. The Morgan fingerprint density at radius 3 is 2.32 bits per heavy atom. The topological polar surface area (TPSA) is 0 Å². The van der Waals surface area contributed by atoms with Crippen LogP contribution in [0.15, 0.2) is 39.3 Å². The first-order chi connectivity index (χ1) is 8.88. The van der Waals surface area contributed by atoms with Gasteiger partial charge >= 0.3 is 0 Å². The second kappa shape index (κ2) is 6.20. The first kappa shape index (κ1) is 15.4. The number of hydrogen-bond acceptors (Lipinski definition) is 0. The van der Waals surface area contributed by atoms with Crippen LogP contribution in [0.5, 0.6) is 0 Å². The first-order valence-electron chi connectivity index (χ1n) is 5.13. The van der Waals surface area contributed by atoms with Crippen molar-refractivity contribution in [2.45, 2.75) is 4.83 Å². The summed E-state index contributed by atoms with van der Waals surface area (Å²) in [6.07, 6.45) is 0. The number of rotatable bonds is 2. The smallest absolute Gasteiger partial charge is 0.129 e. The molecule has 0 N–H and O–H groups in total. The maximum Gasteiger partial charge on any atom is 0.129 e. The maximum absolute atomic E-state index is 13.9. The average molecular weight is 475 g/mol. The minimum Gasteiger partial charge on any atom is -0.207 e. The van der Waals surface area contributed by atoms with Crippen LogP contribution in [0, 0.1) is 11.6 Å². The highest BCUT2D eigenvalue weighted by atomic mass is 79.9. The lowest BCUT2D eigenvalue weighted by molar-refractivity contribution is 0.610. The van der Waals surface area contributed by atoms with E-state index in [4.69, 9.17) is 11.6 Å². The molecule has 0 heterocycles. The van der Waals surface area contributed by atoms with E-state index in [1.54, 1.807) is 6.07 Å². The highest BCUT2D eigenvalue weighted by Crippen LogP contribution is 2.37. The molecule has 0 amide bonds. The van der Waals surface area contributed by atoms with E-state index >= 15 is 0 Å². The fraction of sp³-hybridized carbons (Fsp3) is 0.0769. The Labute approximate surface area is 139 Å². The van der Waals surface area contributed by atoms with E-state index in [1.165, 1.54) is 24.3 Å². The Balaban J connectivity index is 2.49. The Morgan fingerprint density at radius 2 is 1.68 bits per heavy atom. The van der Waals surface area contributed by atoms with Gasteiger partial charge in [-0.15, -0.1) is 0 Å². The largest absolute Gasteiger partial charge is 0.207 e. The van der Waals surface area contributed by atoms with E-state index in [1.807, 2.05) is 0 Å². The maximum atomic E-state index is 13.9. The van der Waals surface area contributed by atoms with Crippen molar-refractivity contribution >= 4 is 59.4 Å². The Hall–Kier alpha value is 0.0300. The molecule has 2 aromatic rings. The van der Waals surface area contributed by atoms with Crippen LogP contribution < -0.4 is 0 Å². The second-order valence-corrected chi connectivity index (χ2v) is 6.95. The molecular formula is C13H6Br3ClF2. The molecule has 0 aliphatic rings. The van der Waals surface area contributed by atoms with Crippen LogP contribution in [0.1, 0.15) is 16.0 Å². The first-order valence-corrected chi connectivity index (χ1v) is 8.01. The molecule has 19 heavy (non-hydrogen) atoms. The van der Waals surface area contributed by atoms with Gasteiger partial charge < -0.3 is 0 Å². The summed E-state index contributed by atoms with van der Waals surface area (Å²) >= 11 is 15.7. The zero-order valence-electron chi connectivity index (χ0n) is 9.23. The van der Waals surface area contributed by atoms with Crippen molar-refractivity contribution in [1.29, 1.82) is 0 Å².